The van der Waals surface area contributed by atoms with Gasteiger partial charge in [-0.2, -0.15) is 0 Å². The molecule has 0 amide bonds. The third-order valence-electron chi connectivity index (χ3n) is 3.70. The number of thioether (sulfide) groups is 1. The van der Waals surface area contributed by atoms with E-state index in [0.29, 0.717) is 11.2 Å². The van der Waals surface area contributed by atoms with Crippen molar-refractivity contribution in [3.05, 3.63) is 47.3 Å². The molecule has 21 heavy (non-hydrogen) atoms. The van der Waals surface area contributed by atoms with E-state index < -0.39 is 0 Å². The first kappa shape index (κ1) is 16.1. The van der Waals surface area contributed by atoms with Gasteiger partial charge in [-0.3, -0.25) is 0 Å². The van der Waals surface area contributed by atoms with Crippen molar-refractivity contribution in [2.45, 2.75) is 44.2 Å². The summed E-state index contributed by atoms with van der Waals surface area (Å²) in [6.07, 6.45) is 0. The van der Waals surface area contributed by atoms with Gasteiger partial charge in [-0.05, 0) is 32.4 Å². The predicted octanol–water partition coefficient (Wildman–Crippen LogP) is 4.37. The smallest absolute Gasteiger partial charge is 0.256 e. The number of benzene rings is 1. The van der Waals surface area contributed by atoms with Crippen LogP contribution < -0.4 is 5.32 Å². The molecule has 4 heteroatoms. The van der Waals surface area contributed by atoms with Gasteiger partial charge in [0.05, 0.1) is 5.69 Å². The zero-order valence-electron chi connectivity index (χ0n) is 13.4. The molecule has 0 bridgehead atoms. The van der Waals surface area contributed by atoms with Crippen LogP contribution in [-0.4, -0.2) is 17.3 Å². The summed E-state index contributed by atoms with van der Waals surface area (Å²) in [5.41, 5.74) is 2.27. The van der Waals surface area contributed by atoms with Gasteiger partial charge in [-0.1, -0.05) is 55.9 Å². The summed E-state index contributed by atoms with van der Waals surface area (Å²) in [7, 11) is 2.01. The van der Waals surface area contributed by atoms with Crippen LogP contribution in [0.15, 0.2) is 40.0 Å². The normalized spacial score (nSPS) is 14.4. The lowest BCUT2D eigenvalue weighted by molar-refractivity contribution is 0.420. The third kappa shape index (κ3) is 3.89. The van der Waals surface area contributed by atoms with Gasteiger partial charge in [0.25, 0.3) is 5.22 Å². The highest BCUT2D eigenvalue weighted by Gasteiger charge is 2.27. The maximum Gasteiger partial charge on any atom is 0.256 e. The Morgan fingerprint density at radius 1 is 1.14 bits per heavy atom. The van der Waals surface area contributed by atoms with Crippen molar-refractivity contribution >= 4 is 11.8 Å². The molecular formula is C17H24N2OS. The second-order valence-corrected chi connectivity index (χ2v) is 6.75. The van der Waals surface area contributed by atoms with Crippen molar-refractivity contribution < 1.29 is 4.42 Å². The monoisotopic (exact) mass is 304 g/mol. The van der Waals surface area contributed by atoms with Crippen molar-refractivity contribution in [3.8, 4) is 0 Å². The van der Waals surface area contributed by atoms with Crippen molar-refractivity contribution in [2.75, 3.05) is 7.05 Å². The van der Waals surface area contributed by atoms with E-state index in [2.05, 4.69) is 54.5 Å². The Morgan fingerprint density at radius 3 is 2.29 bits per heavy atom. The molecule has 0 saturated carbocycles. The van der Waals surface area contributed by atoms with Crippen LogP contribution in [-0.2, 0) is 0 Å². The van der Waals surface area contributed by atoms with E-state index in [9.17, 15) is 0 Å². The molecule has 0 aliphatic rings. The van der Waals surface area contributed by atoms with Crippen molar-refractivity contribution in [1.29, 1.82) is 0 Å². The number of rotatable bonds is 6. The number of aryl methyl sites for hydroxylation is 2. The van der Waals surface area contributed by atoms with Gasteiger partial charge in [0, 0.05) is 11.3 Å². The molecule has 0 radical (unpaired) electrons. The molecule has 0 fully saturated rings. The van der Waals surface area contributed by atoms with Gasteiger partial charge in [0.15, 0.2) is 0 Å². The number of nitrogens with one attached hydrogen (secondary N) is 1. The molecule has 0 aliphatic carbocycles. The molecule has 1 aromatic heterocycles. The first-order valence-corrected chi connectivity index (χ1v) is 8.23. The van der Waals surface area contributed by atoms with Crippen molar-refractivity contribution in [2.24, 2.45) is 5.92 Å². The lowest BCUT2D eigenvalue weighted by Gasteiger charge is -2.28. The molecule has 0 spiro atoms. The molecule has 1 N–H and O–H groups in total. The van der Waals surface area contributed by atoms with Gasteiger partial charge < -0.3 is 9.73 Å². The fourth-order valence-corrected chi connectivity index (χ4v) is 3.68. The maximum atomic E-state index is 5.75. The minimum absolute atomic E-state index is 0.267. The standard InChI is InChI=1S/C17H24N2OS/c1-11(2)16(21-17-19-12(3)13(4)20-17)15(18-5)14-9-7-6-8-10-14/h6-11,15-16,18H,1-5H3. The molecule has 0 saturated heterocycles. The quantitative estimate of drug-likeness (QED) is 0.804. The summed E-state index contributed by atoms with van der Waals surface area (Å²) >= 11 is 1.72. The summed E-state index contributed by atoms with van der Waals surface area (Å²) in [6, 6.07) is 10.8. The summed E-state index contributed by atoms with van der Waals surface area (Å²) < 4.78 is 5.75. The second kappa shape index (κ2) is 7.14. The Balaban J connectivity index is 2.25. The lowest BCUT2D eigenvalue weighted by Crippen LogP contribution is -2.31. The molecule has 2 unspecified atom stereocenters. The number of hydrogen-bond acceptors (Lipinski definition) is 4. The molecule has 2 rings (SSSR count). The second-order valence-electron chi connectivity index (χ2n) is 5.62. The minimum Gasteiger partial charge on any atom is -0.437 e. The van der Waals surface area contributed by atoms with Gasteiger partial charge in [-0.15, -0.1) is 0 Å². The summed E-state index contributed by atoms with van der Waals surface area (Å²) in [5.74, 6) is 1.40. The topological polar surface area (TPSA) is 38.1 Å². The van der Waals surface area contributed by atoms with Crippen molar-refractivity contribution in [1.82, 2.24) is 10.3 Å². The fraction of sp³-hybridized carbons (Fsp3) is 0.471. The zero-order valence-corrected chi connectivity index (χ0v) is 14.2. The van der Waals surface area contributed by atoms with Crippen LogP contribution in [0, 0.1) is 19.8 Å². The first-order valence-electron chi connectivity index (χ1n) is 7.35. The number of oxazole rings is 1. The average Bonchev–Trinajstić information content (AvgIpc) is 2.78. The Hall–Kier alpha value is -1.26. The predicted molar refractivity (Wildman–Crippen MR) is 88.7 cm³/mol. The van der Waals surface area contributed by atoms with Crippen molar-refractivity contribution in [3.63, 3.8) is 0 Å². The SMILES string of the molecule is CNC(c1ccccc1)C(Sc1nc(C)c(C)o1)C(C)C. The van der Waals surface area contributed by atoms with Gasteiger partial charge in [0.1, 0.15) is 5.76 Å². The van der Waals surface area contributed by atoms with E-state index in [1.165, 1.54) is 5.56 Å². The van der Waals surface area contributed by atoms with Crippen LogP contribution in [0.1, 0.15) is 36.9 Å². The van der Waals surface area contributed by atoms with E-state index >= 15 is 0 Å². The van der Waals surface area contributed by atoms with Crippen LogP contribution in [0.5, 0.6) is 0 Å². The molecule has 0 aliphatic heterocycles. The molecule has 2 aromatic rings. The highest BCUT2D eigenvalue weighted by Crippen LogP contribution is 2.36. The van der Waals surface area contributed by atoms with E-state index in [1.807, 2.05) is 20.9 Å². The minimum atomic E-state index is 0.267. The van der Waals surface area contributed by atoms with Gasteiger partial charge in [-0.25, -0.2) is 4.98 Å². The van der Waals surface area contributed by atoms with Crippen LogP contribution in [0.2, 0.25) is 0 Å². The molecule has 1 aromatic carbocycles. The van der Waals surface area contributed by atoms with Gasteiger partial charge >= 0.3 is 0 Å². The molecular weight excluding hydrogens is 280 g/mol. The Morgan fingerprint density at radius 2 is 1.81 bits per heavy atom. The lowest BCUT2D eigenvalue weighted by atomic mass is 9.96. The Bertz CT molecular complexity index is 546. The fourth-order valence-electron chi connectivity index (χ4n) is 2.38. The molecule has 1 heterocycles. The van der Waals surface area contributed by atoms with E-state index in [0.717, 1.165) is 16.7 Å². The molecule has 3 nitrogen and oxygen atoms in total. The highest BCUT2D eigenvalue weighted by atomic mass is 32.2. The molecule has 114 valence electrons. The maximum absolute atomic E-state index is 5.75. The zero-order chi connectivity index (χ0) is 15.4. The number of nitrogens with zero attached hydrogens (tertiary/aromatic N) is 1. The average molecular weight is 304 g/mol. The largest absolute Gasteiger partial charge is 0.437 e. The molecule has 2 atom stereocenters. The summed E-state index contributed by atoms with van der Waals surface area (Å²) in [5, 5.41) is 4.57. The highest BCUT2D eigenvalue weighted by molar-refractivity contribution is 7.99. The van der Waals surface area contributed by atoms with E-state index in [4.69, 9.17) is 4.42 Å². The van der Waals surface area contributed by atoms with Crippen LogP contribution in [0.25, 0.3) is 0 Å². The summed E-state index contributed by atoms with van der Waals surface area (Å²) in [4.78, 5) is 4.51. The first-order chi connectivity index (χ1) is 10.0. The Labute approximate surface area is 131 Å². The van der Waals surface area contributed by atoms with Crippen LogP contribution in [0.4, 0.5) is 0 Å². The third-order valence-corrected chi connectivity index (χ3v) is 5.17. The number of hydrogen-bond donors (Lipinski definition) is 1. The Kier molecular flexibility index (Phi) is 5.48. The van der Waals surface area contributed by atoms with E-state index in [-0.39, 0.29) is 6.04 Å². The summed E-state index contributed by atoms with van der Waals surface area (Å²) in [6.45, 7) is 8.44. The van der Waals surface area contributed by atoms with Gasteiger partial charge in [0.2, 0.25) is 0 Å². The van der Waals surface area contributed by atoms with E-state index in [1.54, 1.807) is 11.8 Å². The van der Waals surface area contributed by atoms with Crippen LogP contribution >= 0.6 is 11.8 Å². The number of aromatic nitrogens is 1. The van der Waals surface area contributed by atoms with Crippen LogP contribution in [0.3, 0.4) is 0 Å².